The van der Waals surface area contributed by atoms with Crippen LogP contribution in [0.5, 0.6) is 0 Å². The molecule has 2 atom stereocenters. The Bertz CT molecular complexity index is 746. The van der Waals surface area contributed by atoms with Crippen LogP contribution in [0.4, 0.5) is 5.69 Å². The fraction of sp³-hybridized carbons (Fsp3) is 0.263. The van der Waals surface area contributed by atoms with Crippen molar-refractivity contribution in [1.29, 1.82) is 5.26 Å². The van der Waals surface area contributed by atoms with Crippen LogP contribution in [0.1, 0.15) is 36.1 Å². The second-order valence-electron chi connectivity index (χ2n) is 5.86. The molecule has 0 aliphatic heterocycles. The lowest BCUT2D eigenvalue weighted by Crippen LogP contribution is -2.39. The minimum absolute atomic E-state index is 0.0703. The molecule has 0 spiro atoms. The highest BCUT2D eigenvalue weighted by Crippen LogP contribution is 2.31. The van der Waals surface area contributed by atoms with Gasteiger partial charge in [-0.15, -0.1) is 0 Å². The summed E-state index contributed by atoms with van der Waals surface area (Å²) in [6.07, 6.45) is 2.08. The normalized spacial score (nSPS) is 17.1. The average Bonchev–Trinajstić information content (AvgIpc) is 2.98. The van der Waals surface area contributed by atoms with Crippen molar-refractivity contribution >= 4 is 11.6 Å². The summed E-state index contributed by atoms with van der Waals surface area (Å²) in [6, 6.07) is 17.3. The van der Waals surface area contributed by atoms with Crippen molar-refractivity contribution in [3.63, 3.8) is 0 Å². The standard InChI is InChI=1S/C19H19N3O/c1-13(19(23)22-16-9-6-14(12-20)7-10-16)21-18-11-8-15-4-2-3-5-17(15)18/h2-7,9-10,13,18,21H,8,11H2,1H3,(H,22,23)/t13-,18+/m1/s1. The molecule has 23 heavy (non-hydrogen) atoms. The lowest BCUT2D eigenvalue weighted by atomic mass is 10.1. The van der Waals surface area contributed by atoms with Crippen LogP contribution in [0, 0.1) is 11.3 Å². The average molecular weight is 305 g/mol. The molecule has 116 valence electrons. The molecule has 2 N–H and O–H groups in total. The van der Waals surface area contributed by atoms with E-state index in [2.05, 4.69) is 34.9 Å². The number of nitriles is 1. The summed E-state index contributed by atoms with van der Waals surface area (Å²) in [5.74, 6) is -0.0703. The number of carbonyl (C=O) groups excluding carboxylic acids is 1. The summed E-state index contributed by atoms with van der Waals surface area (Å²) < 4.78 is 0. The van der Waals surface area contributed by atoms with E-state index in [1.807, 2.05) is 13.0 Å². The number of hydrogen-bond donors (Lipinski definition) is 2. The summed E-state index contributed by atoms with van der Waals surface area (Å²) in [5, 5.41) is 15.1. The fourth-order valence-corrected chi connectivity index (χ4v) is 2.99. The summed E-state index contributed by atoms with van der Waals surface area (Å²) >= 11 is 0. The third kappa shape index (κ3) is 3.41. The lowest BCUT2D eigenvalue weighted by Gasteiger charge is -2.20. The quantitative estimate of drug-likeness (QED) is 0.912. The summed E-state index contributed by atoms with van der Waals surface area (Å²) in [7, 11) is 0. The van der Waals surface area contributed by atoms with Gasteiger partial charge in [-0.25, -0.2) is 0 Å². The Morgan fingerprint density at radius 3 is 2.70 bits per heavy atom. The first-order chi connectivity index (χ1) is 11.2. The molecule has 1 aliphatic rings. The van der Waals surface area contributed by atoms with E-state index in [0.29, 0.717) is 11.3 Å². The third-order valence-corrected chi connectivity index (χ3v) is 4.26. The van der Waals surface area contributed by atoms with Crippen LogP contribution >= 0.6 is 0 Å². The predicted molar refractivity (Wildman–Crippen MR) is 89.9 cm³/mol. The SMILES string of the molecule is C[C@@H](N[C@H]1CCc2ccccc21)C(=O)Nc1ccc(C#N)cc1. The van der Waals surface area contributed by atoms with Gasteiger partial charge in [0.1, 0.15) is 0 Å². The molecule has 0 unspecified atom stereocenters. The van der Waals surface area contributed by atoms with Gasteiger partial charge in [-0.2, -0.15) is 5.26 Å². The molecule has 2 aromatic rings. The van der Waals surface area contributed by atoms with Crippen LogP contribution in [0.25, 0.3) is 0 Å². The molecular weight excluding hydrogens is 286 g/mol. The first-order valence-electron chi connectivity index (χ1n) is 7.82. The van der Waals surface area contributed by atoms with Gasteiger partial charge in [0, 0.05) is 11.7 Å². The predicted octanol–water partition coefficient (Wildman–Crippen LogP) is 3.16. The van der Waals surface area contributed by atoms with Crippen LogP contribution in [0.3, 0.4) is 0 Å². The Balaban J connectivity index is 1.61. The van der Waals surface area contributed by atoms with Gasteiger partial charge in [0.05, 0.1) is 17.7 Å². The summed E-state index contributed by atoms with van der Waals surface area (Å²) in [4.78, 5) is 12.3. The van der Waals surface area contributed by atoms with Gasteiger partial charge < -0.3 is 5.32 Å². The molecule has 0 bridgehead atoms. The largest absolute Gasteiger partial charge is 0.325 e. The number of anilines is 1. The second-order valence-corrected chi connectivity index (χ2v) is 5.86. The maximum atomic E-state index is 12.3. The number of benzene rings is 2. The molecule has 0 saturated heterocycles. The molecule has 0 heterocycles. The molecule has 0 saturated carbocycles. The van der Waals surface area contributed by atoms with E-state index >= 15 is 0 Å². The molecule has 2 aromatic carbocycles. The monoisotopic (exact) mass is 305 g/mol. The second kappa shape index (κ2) is 6.64. The molecule has 0 radical (unpaired) electrons. The highest BCUT2D eigenvalue weighted by molar-refractivity contribution is 5.94. The van der Waals surface area contributed by atoms with E-state index in [1.54, 1.807) is 24.3 Å². The topological polar surface area (TPSA) is 64.9 Å². The van der Waals surface area contributed by atoms with Crippen molar-refractivity contribution in [3.05, 3.63) is 65.2 Å². The van der Waals surface area contributed by atoms with E-state index in [1.165, 1.54) is 11.1 Å². The van der Waals surface area contributed by atoms with Gasteiger partial charge in [-0.1, -0.05) is 24.3 Å². The zero-order valence-corrected chi connectivity index (χ0v) is 13.0. The van der Waals surface area contributed by atoms with E-state index in [0.717, 1.165) is 12.8 Å². The Labute approximate surface area is 136 Å². The van der Waals surface area contributed by atoms with Crippen LogP contribution in [-0.4, -0.2) is 11.9 Å². The molecule has 1 amide bonds. The number of amides is 1. The molecule has 0 aromatic heterocycles. The van der Waals surface area contributed by atoms with E-state index in [-0.39, 0.29) is 18.0 Å². The zero-order chi connectivity index (χ0) is 16.2. The zero-order valence-electron chi connectivity index (χ0n) is 13.0. The van der Waals surface area contributed by atoms with Crippen LogP contribution in [0.15, 0.2) is 48.5 Å². The Morgan fingerprint density at radius 1 is 1.22 bits per heavy atom. The number of fused-ring (bicyclic) bond motifs is 1. The number of nitrogens with zero attached hydrogens (tertiary/aromatic N) is 1. The first kappa shape index (κ1) is 15.3. The molecular formula is C19H19N3O. The molecule has 4 heteroatoms. The lowest BCUT2D eigenvalue weighted by molar-refractivity contribution is -0.118. The number of nitrogens with one attached hydrogen (secondary N) is 2. The van der Waals surface area contributed by atoms with Gasteiger partial charge in [-0.05, 0) is 55.2 Å². The minimum atomic E-state index is -0.290. The highest BCUT2D eigenvalue weighted by Gasteiger charge is 2.25. The van der Waals surface area contributed by atoms with Gasteiger partial charge >= 0.3 is 0 Å². The van der Waals surface area contributed by atoms with E-state index in [9.17, 15) is 4.79 Å². The Kier molecular flexibility index (Phi) is 4.40. The molecule has 1 aliphatic carbocycles. The van der Waals surface area contributed by atoms with Crippen LogP contribution in [0.2, 0.25) is 0 Å². The van der Waals surface area contributed by atoms with Crippen LogP contribution in [-0.2, 0) is 11.2 Å². The van der Waals surface area contributed by atoms with Crippen molar-refractivity contribution < 1.29 is 4.79 Å². The van der Waals surface area contributed by atoms with E-state index < -0.39 is 0 Å². The number of hydrogen-bond acceptors (Lipinski definition) is 3. The molecule has 0 fully saturated rings. The maximum Gasteiger partial charge on any atom is 0.241 e. The van der Waals surface area contributed by atoms with E-state index in [4.69, 9.17) is 5.26 Å². The fourth-order valence-electron chi connectivity index (χ4n) is 2.99. The van der Waals surface area contributed by atoms with Gasteiger partial charge in [0.25, 0.3) is 0 Å². The van der Waals surface area contributed by atoms with Gasteiger partial charge in [0.2, 0.25) is 5.91 Å². The van der Waals surface area contributed by atoms with Gasteiger partial charge in [0.15, 0.2) is 0 Å². The number of aryl methyl sites for hydroxylation is 1. The summed E-state index contributed by atoms with van der Waals surface area (Å²) in [5.41, 5.74) is 3.95. The summed E-state index contributed by atoms with van der Waals surface area (Å²) in [6.45, 7) is 1.87. The number of carbonyl (C=O) groups is 1. The number of rotatable bonds is 4. The smallest absolute Gasteiger partial charge is 0.241 e. The van der Waals surface area contributed by atoms with Crippen molar-refractivity contribution in [3.8, 4) is 6.07 Å². The first-order valence-corrected chi connectivity index (χ1v) is 7.82. The Morgan fingerprint density at radius 2 is 1.96 bits per heavy atom. The highest BCUT2D eigenvalue weighted by atomic mass is 16.2. The van der Waals surface area contributed by atoms with Gasteiger partial charge in [-0.3, -0.25) is 10.1 Å². The molecule has 3 rings (SSSR count). The Hall–Kier alpha value is -2.64. The van der Waals surface area contributed by atoms with Crippen molar-refractivity contribution in [2.24, 2.45) is 0 Å². The molecule has 4 nitrogen and oxygen atoms in total. The third-order valence-electron chi connectivity index (χ3n) is 4.26. The van der Waals surface area contributed by atoms with Crippen molar-refractivity contribution in [2.75, 3.05) is 5.32 Å². The minimum Gasteiger partial charge on any atom is -0.325 e. The maximum absolute atomic E-state index is 12.3. The van der Waals surface area contributed by atoms with Crippen LogP contribution < -0.4 is 10.6 Å². The van der Waals surface area contributed by atoms with Crippen molar-refractivity contribution in [2.45, 2.75) is 31.8 Å². The van der Waals surface area contributed by atoms with Crippen molar-refractivity contribution in [1.82, 2.24) is 5.32 Å².